The summed E-state index contributed by atoms with van der Waals surface area (Å²) in [6.07, 6.45) is 2.55. The van der Waals surface area contributed by atoms with E-state index in [2.05, 4.69) is 28.5 Å². The molecule has 2 aromatic rings. The molecule has 0 fully saturated rings. The van der Waals surface area contributed by atoms with Crippen LogP contribution in [-0.2, 0) is 6.42 Å². The zero-order valence-corrected chi connectivity index (χ0v) is 11.8. The van der Waals surface area contributed by atoms with Crippen LogP contribution in [0.2, 0.25) is 0 Å². The summed E-state index contributed by atoms with van der Waals surface area (Å²) < 4.78 is 0. The fraction of sp³-hybridized carbons (Fsp3) is 0.267. The number of hydrogen-bond donors (Lipinski definition) is 1. The summed E-state index contributed by atoms with van der Waals surface area (Å²) in [7, 11) is 0. The number of anilines is 1. The average molecular weight is 280 g/mol. The van der Waals surface area contributed by atoms with E-state index in [9.17, 15) is 5.26 Å². The van der Waals surface area contributed by atoms with Crippen LogP contribution in [0.5, 0.6) is 0 Å². The Balaban J connectivity index is 2.31. The molecule has 0 amide bonds. The van der Waals surface area contributed by atoms with Crippen LogP contribution in [0, 0.1) is 22.7 Å². The van der Waals surface area contributed by atoms with Gasteiger partial charge in [0.15, 0.2) is 0 Å². The number of nitrogens with zero attached hydrogens (tertiary/aromatic N) is 3. The molecule has 0 saturated carbocycles. The maximum absolute atomic E-state index is 9.29. The lowest BCUT2D eigenvalue weighted by atomic mass is 10.0. The van der Waals surface area contributed by atoms with Gasteiger partial charge in [0.2, 0.25) is 0 Å². The van der Waals surface area contributed by atoms with Crippen LogP contribution in [0.1, 0.15) is 18.1 Å². The fourth-order valence-electron chi connectivity index (χ4n) is 2.47. The second-order valence-electron chi connectivity index (χ2n) is 4.69. The van der Waals surface area contributed by atoms with Crippen molar-refractivity contribution in [1.82, 2.24) is 4.98 Å². The highest BCUT2D eigenvalue weighted by Gasteiger charge is 2.20. The second kappa shape index (κ2) is 5.03. The average Bonchev–Trinajstić information content (AvgIpc) is 2.95. The summed E-state index contributed by atoms with van der Waals surface area (Å²) in [5, 5.41) is 22.4. The Morgan fingerprint density at radius 3 is 3.00 bits per heavy atom. The smallest absolute Gasteiger partial charge is 0.111 e. The number of aryl methyl sites for hydroxylation is 1. The van der Waals surface area contributed by atoms with Gasteiger partial charge < -0.3 is 5.32 Å². The monoisotopic (exact) mass is 280 g/mol. The normalized spacial score (nSPS) is 14.3. The molecular weight excluding hydrogens is 268 g/mol. The molecule has 2 heterocycles. The van der Waals surface area contributed by atoms with Crippen molar-refractivity contribution in [2.24, 2.45) is 0 Å². The lowest BCUT2D eigenvalue weighted by Crippen LogP contribution is -2.14. The molecule has 1 aromatic carbocycles. The molecule has 1 aliphatic heterocycles. The standard InChI is InChI=1S/C15H12N4S/c1-9(6-16)19-15-10(7-17)8-18-12-2-3-13-11(14(12)15)4-5-20-13/h2-3,8-9H,4-5H2,1H3,(H,18,19). The Morgan fingerprint density at radius 2 is 2.25 bits per heavy atom. The highest BCUT2D eigenvalue weighted by Crippen LogP contribution is 2.39. The number of pyridine rings is 1. The molecule has 0 saturated heterocycles. The Bertz CT molecular complexity index is 770. The van der Waals surface area contributed by atoms with Gasteiger partial charge in [-0.3, -0.25) is 4.98 Å². The van der Waals surface area contributed by atoms with Crippen molar-refractivity contribution in [3.8, 4) is 12.1 Å². The van der Waals surface area contributed by atoms with Crippen molar-refractivity contribution < 1.29 is 0 Å². The first kappa shape index (κ1) is 12.8. The lowest BCUT2D eigenvalue weighted by Gasteiger charge is -2.15. The predicted molar refractivity (Wildman–Crippen MR) is 79.6 cm³/mol. The third kappa shape index (κ3) is 1.97. The van der Waals surface area contributed by atoms with Crippen molar-refractivity contribution >= 4 is 28.4 Å². The van der Waals surface area contributed by atoms with Crippen LogP contribution in [-0.4, -0.2) is 16.8 Å². The number of thioether (sulfide) groups is 1. The lowest BCUT2D eigenvalue weighted by molar-refractivity contribution is 1.01. The van der Waals surface area contributed by atoms with Gasteiger partial charge in [-0.15, -0.1) is 11.8 Å². The van der Waals surface area contributed by atoms with Gasteiger partial charge in [-0.2, -0.15) is 10.5 Å². The fourth-order valence-corrected chi connectivity index (χ4v) is 3.53. The number of nitrogens with one attached hydrogen (secondary N) is 1. The molecule has 1 aromatic heterocycles. The van der Waals surface area contributed by atoms with E-state index in [1.165, 1.54) is 10.5 Å². The van der Waals surface area contributed by atoms with Gasteiger partial charge in [0.25, 0.3) is 0 Å². The number of rotatable bonds is 2. The molecule has 5 heteroatoms. The molecule has 1 unspecified atom stereocenters. The molecule has 98 valence electrons. The quantitative estimate of drug-likeness (QED) is 0.915. The Morgan fingerprint density at radius 1 is 1.40 bits per heavy atom. The third-order valence-electron chi connectivity index (χ3n) is 3.38. The SMILES string of the molecule is CC(C#N)Nc1c(C#N)cnc2ccc3c(c12)CCS3. The van der Waals surface area contributed by atoms with Crippen molar-refractivity contribution in [1.29, 1.82) is 10.5 Å². The van der Waals surface area contributed by atoms with Gasteiger partial charge in [0, 0.05) is 22.2 Å². The molecule has 1 N–H and O–H groups in total. The maximum atomic E-state index is 9.29. The molecule has 4 nitrogen and oxygen atoms in total. The number of hydrogen-bond acceptors (Lipinski definition) is 5. The number of fused-ring (bicyclic) bond motifs is 3. The number of benzene rings is 1. The third-order valence-corrected chi connectivity index (χ3v) is 4.49. The number of aromatic nitrogens is 1. The van der Waals surface area contributed by atoms with E-state index in [0.717, 1.165) is 28.8 Å². The highest BCUT2D eigenvalue weighted by molar-refractivity contribution is 7.99. The minimum Gasteiger partial charge on any atom is -0.368 e. The van der Waals surface area contributed by atoms with Crippen molar-refractivity contribution in [3.05, 3.63) is 29.5 Å². The predicted octanol–water partition coefficient (Wildman–Crippen LogP) is 3.08. The van der Waals surface area contributed by atoms with Gasteiger partial charge in [-0.25, -0.2) is 0 Å². The van der Waals surface area contributed by atoms with E-state index >= 15 is 0 Å². The molecule has 0 radical (unpaired) electrons. The van der Waals surface area contributed by atoms with Crippen molar-refractivity contribution in [3.63, 3.8) is 0 Å². The molecule has 0 bridgehead atoms. The van der Waals surface area contributed by atoms with E-state index in [-0.39, 0.29) is 6.04 Å². The number of nitriles is 2. The summed E-state index contributed by atoms with van der Waals surface area (Å²) >= 11 is 1.83. The highest BCUT2D eigenvalue weighted by atomic mass is 32.2. The molecule has 20 heavy (non-hydrogen) atoms. The minimum atomic E-state index is -0.349. The molecule has 3 rings (SSSR count). The summed E-state index contributed by atoms with van der Waals surface area (Å²) in [5.41, 5.74) is 3.35. The first-order valence-corrected chi connectivity index (χ1v) is 7.37. The zero-order valence-electron chi connectivity index (χ0n) is 11.0. The van der Waals surface area contributed by atoms with E-state index in [1.54, 1.807) is 13.1 Å². The summed E-state index contributed by atoms with van der Waals surface area (Å²) in [6.45, 7) is 1.78. The van der Waals surface area contributed by atoms with Crippen LogP contribution in [0.3, 0.4) is 0 Å². The van der Waals surface area contributed by atoms with Crippen LogP contribution >= 0.6 is 11.8 Å². The van der Waals surface area contributed by atoms with Crippen LogP contribution in [0.25, 0.3) is 10.9 Å². The van der Waals surface area contributed by atoms with E-state index in [0.29, 0.717) is 5.56 Å². The molecule has 1 aliphatic rings. The summed E-state index contributed by atoms with van der Waals surface area (Å²) in [4.78, 5) is 5.62. The van der Waals surface area contributed by atoms with Crippen molar-refractivity contribution in [2.75, 3.05) is 11.1 Å². The van der Waals surface area contributed by atoms with Gasteiger partial charge in [0.05, 0.1) is 22.8 Å². The Hall–Kier alpha value is -2.24. The first-order valence-electron chi connectivity index (χ1n) is 6.38. The van der Waals surface area contributed by atoms with Gasteiger partial charge >= 0.3 is 0 Å². The van der Waals surface area contributed by atoms with Crippen LogP contribution in [0.4, 0.5) is 5.69 Å². The topological polar surface area (TPSA) is 72.5 Å². The zero-order chi connectivity index (χ0) is 14.1. The molecule has 0 aliphatic carbocycles. The van der Waals surface area contributed by atoms with Crippen molar-refractivity contribution in [2.45, 2.75) is 24.3 Å². The molecule has 0 spiro atoms. The Kier molecular flexibility index (Phi) is 3.22. The van der Waals surface area contributed by atoms with E-state index < -0.39 is 0 Å². The summed E-state index contributed by atoms with van der Waals surface area (Å²) in [6, 6.07) is 8.04. The first-order chi connectivity index (χ1) is 9.74. The second-order valence-corrected chi connectivity index (χ2v) is 5.83. The Labute approximate surface area is 121 Å². The minimum absolute atomic E-state index is 0.349. The van der Waals surface area contributed by atoms with Gasteiger partial charge in [-0.1, -0.05) is 0 Å². The van der Waals surface area contributed by atoms with Gasteiger partial charge in [0.1, 0.15) is 12.1 Å². The van der Waals surface area contributed by atoms with E-state index in [4.69, 9.17) is 5.26 Å². The largest absolute Gasteiger partial charge is 0.368 e. The van der Waals surface area contributed by atoms with Gasteiger partial charge in [-0.05, 0) is 31.0 Å². The van der Waals surface area contributed by atoms with Crippen LogP contribution < -0.4 is 5.32 Å². The summed E-state index contributed by atoms with van der Waals surface area (Å²) in [5.74, 6) is 1.05. The van der Waals surface area contributed by atoms with Crippen LogP contribution in [0.15, 0.2) is 23.2 Å². The van der Waals surface area contributed by atoms with E-state index in [1.807, 2.05) is 17.8 Å². The molecular formula is C15H12N4S. The molecule has 1 atom stereocenters. The maximum Gasteiger partial charge on any atom is 0.111 e.